The number of aromatic nitrogens is 2. The summed E-state index contributed by atoms with van der Waals surface area (Å²) in [5.74, 6) is 1.36. The fourth-order valence-electron chi connectivity index (χ4n) is 5.25. The minimum atomic E-state index is 0.311. The second-order valence-electron chi connectivity index (χ2n) is 8.59. The predicted molar refractivity (Wildman–Crippen MR) is 115 cm³/mol. The maximum Gasteiger partial charge on any atom is 0.346 e. The summed E-state index contributed by atoms with van der Waals surface area (Å²) in [6, 6.07) is 16.9. The second kappa shape index (κ2) is 7.39. The highest BCUT2D eigenvalue weighted by Gasteiger charge is 2.47. The van der Waals surface area contributed by atoms with Gasteiger partial charge in [0.05, 0.1) is 29.7 Å². The Labute approximate surface area is 171 Å². The fourth-order valence-corrected chi connectivity index (χ4v) is 5.25. The molecule has 1 atom stereocenters. The molecule has 1 unspecified atom stereocenters. The summed E-state index contributed by atoms with van der Waals surface area (Å²) in [5, 5.41) is 3.46. The summed E-state index contributed by atoms with van der Waals surface area (Å²) < 4.78 is 2.81. The van der Waals surface area contributed by atoms with Crippen molar-refractivity contribution in [2.24, 2.45) is 7.05 Å². The minimum Gasteiger partial charge on any atom is -0.331 e. The van der Waals surface area contributed by atoms with Gasteiger partial charge in [-0.3, -0.25) is 4.48 Å². The Morgan fingerprint density at radius 3 is 2.59 bits per heavy atom. The van der Waals surface area contributed by atoms with Crippen LogP contribution in [0.2, 0.25) is 0 Å². The first-order valence-corrected chi connectivity index (χ1v) is 10.8. The van der Waals surface area contributed by atoms with Crippen molar-refractivity contribution in [3.05, 3.63) is 65.5 Å². The lowest BCUT2D eigenvalue weighted by Gasteiger charge is -2.36. The third kappa shape index (κ3) is 3.18. The monoisotopic (exact) mass is 389 g/mol. The first-order valence-electron chi connectivity index (χ1n) is 10.8. The summed E-state index contributed by atoms with van der Waals surface area (Å²) in [7, 11) is 2.07. The Morgan fingerprint density at radius 1 is 1.14 bits per heavy atom. The molecular formula is C24H29N4O+. The Morgan fingerprint density at radius 2 is 1.90 bits per heavy atom. The van der Waals surface area contributed by atoms with E-state index in [4.69, 9.17) is 4.98 Å². The molecule has 150 valence electrons. The lowest BCUT2D eigenvalue weighted by molar-refractivity contribution is -0.860. The molecule has 5 heteroatoms. The van der Waals surface area contributed by atoms with Gasteiger partial charge in [0.1, 0.15) is 11.9 Å². The molecule has 3 heterocycles. The van der Waals surface area contributed by atoms with E-state index >= 15 is 0 Å². The first-order chi connectivity index (χ1) is 14.2. The van der Waals surface area contributed by atoms with Crippen molar-refractivity contribution in [2.45, 2.75) is 31.7 Å². The van der Waals surface area contributed by atoms with E-state index in [-0.39, 0.29) is 0 Å². The van der Waals surface area contributed by atoms with Crippen LogP contribution in [0.5, 0.6) is 0 Å². The Hall–Kier alpha value is -2.50. The van der Waals surface area contributed by atoms with Gasteiger partial charge in [-0.2, -0.15) is 0 Å². The van der Waals surface area contributed by atoms with E-state index in [9.17, 15) is 4.79 Å². The second-order valence-corrected chi connectivity index (χ2v) is 8.59. The average Bonchev–Trinajstić information content (AvgIpc) is 3.50. The Kier molecular flexibility index (Phi) is 4.72. The molecule has 2 saturated heterocycles. The van der Waals surface area contributed by atoms with Gasteiger partial charge < -0.3 is 9.88 Å². The van der Waals surface area contributed by atoms with Gasteiger partial charge in [0.15, 0.2) is 0 Å². The molecule has 2 fully saturated rings. The number of imidazole rings is 1. The van der Waals surface area contributed by atoms with Gasteiger partial charge in [0, 0.05) is 45.8 Å². The molecule has 2 aliphatic heterocycles. The number of nitrogens with one attached hydrogen (secondary N) is 1. The topological polar surface area (TPSA) is 46.9 Å². The van der Waals surface area contributed by atoms with Crippen LogP contribution in [0, 0.1) is 0 Å². The van der Waals surface area contributed by atoms with Crippen LogP contribution in [0.3, 0.4) is 0 Å². The van der Waals surface area contributed by atoms with E-state index < -0.39 is 0 Å². The van der Waals surface area contributed by atoms with Crippen molar-refractivity contribution in [2.75, 3.05) is 26.2 Å². The molecule has 1 amide bonds. The number of rotatable bonds is 4. The van der Waals surface area contributed by atoms with Crippen LogP contribution in [0.15, 0.2) is 48.5 Å². The molecule has 5 nitrogen and oxygen atoms in total. The molecule has 1 N–H and O–H groups in total. The number of carbonyl (C=O) groups is 1. The molecule has 5 rings (SSSR count). The van der Waals surface area contributed by atoms with Gasteiger partial charge in [-0.25, -0.2) is 9.78 Å². The molecule has 0 bridgehead atoms. The third-order valence-corrected chi connectivity index (χ3v) is 6.94. The van der Waals surface area contributed by atoms with Crippen LogP contribution in [-0.2, 0) is 13.5 Å². The SMILES string of the molecule is Cn1c(Cc2ccc(C(=O)[N+]3(C4CCNC4)CCCC3)cc2)nc2ccccc21. The Bertz CT molecular complexity index is 1020. The van der Waals surface area contributed by atoms with E-state index in [1.165, 1.54) is 5.56 Å². The van der Waals surface area contributed by atoms with Crippen molar-refractivity contribution in [3.63, 3.8) is 0 Å². The molecule has 3 aromatic rings. The van der Waals surface area contributed by atoms with Gasteiger partial charge in [-0.15, -0.1) is 0 Å². The lowest BCUT2D eigenvalue weighted by atomic mass is 10.0. The normalized spacial score (nSPS) is 21.1. The van der Waals surface area contributed by atoms with E-state index in [1.807, 2.05) is 24.3 Å². The van der Waals surface area contributed by atoms with Crippen LogP contribution in [0.4, 0.5) is 0 Å². The summed E-state index contributed by atoms with van der Waals surface area (Å²) in [6.07, 6.45) is 4.20. The van der Waals surface area contributed by atoms with Crippen molar-refractivity contribution in [1.29, 1.82) is 0 Å². The van der Waals surface area contributed by atoms with Crippen LogP contribution in [-0.4, -0.2) is 52.2 Å². The van der Waals surface area contributed by atoms with Gasteiger partial charge >= 0.3 is 5.91 Å². The number of fused-ring (bicyclic) bond motifs is 1. The molecule has 2 aliphatic rings. The number of quaternary nitrogens is 1. The standard InChI is InChI=1S/C24H29N4O/c1-27-22-7-3-2-6-21(22)26-23(27)16-18-8-10-19(11-9-18)24(29)28(14-4-5-15-28)20-12-13-25-17-20/h2-3,6-11,20,25H,4-5,12-17H2,1H3/q+1. The number of amides is 1. The largest absolute Gasteiger partial charge is 0.346 e. The average molecular weight is 390 g/mol. The number of carbonyl (C=O) groups excluding carboxylic acids is 1. The molecule has 0 radical (unpaired) electrons. The minimum absolute atomic E-state index is 0.311. The van der Waals surface area contributed by atoms with E-state index in [0.29, 0.717) is 16.4 Å². The van der Waals surface area contributed by atoms with Gasteiger partial charge in [0.25, 0.3) is 0 Å². The van der Waals surface area contributed by atoms with Gasteiger partial charge in [0.2, 0.25) is 0 Å². The molecule has 0 spiro atoms. The lowest BCUT2D eigenvalue weighted by Crippen LogP contribution is -2.58. The Balaban J connectivity index is 1.38. The molecule has 0 aliphatic carbocycles. The zero-order valence-electron chi connectivity index (χ0n) is 17.1. The molecule has 2 aromatic carbocycles. The third-order valence-electron chi connectivity index (χ3n) is 6.94. The molecular weight excluding hydrogens is 360 g/mol. The number of likely N-dealkylation sites (tertiary alicyclic amines) is 1. The van der Waals surface area contributed by atoms with Crippen molar-refractivity contribution < 1.29 is 9.28 Å². The fraction of sp³-hybridized carbons (Fsp3) is 0.417. The number of benzene rings is 2. The highest BCUT2D eigenvalue weighted by atomic mass is 16.2. The summed E-state index contributed by atoms with van der Waals surface area (Å²) in [6.45, 7) is 3.99. The molecule has 1 aromatic heterocycles. The van der Waals surface area contributed by atoms with Gasteiger partial charge in [-0.1, -0.05) is 24.3 Å². The zero-order chi connectivity index (χ0) is 19.8. The summed E-state index contributed by atoms with van der Waals surface area (Å²) >= 11 is 0. The molecule has 29 heavy (non-hydrogen) atoms. The van der Waals surface area contributed by atoms with Crippen LogP contribution < -0.4 is 5.32 Å². The van der Waals surface area contributed by atoms with Crippen molar-refractivity contribution >= 4 is 16.9 Å². The van der Waals surface area contributed by atoms with Crippen molar-refractivity contribution in [3.8, 4) is 0 Å². The zero-order valence-corrected chi connectivity index (χ0v) is 17.1. The number of hydrogen-bond donors (Lipinski definition) is 1. The highest BCUT2D eigenvalue weighted by Crippen LogP contribution is 2.30. The van der Waals surface area contributed by atoms with E-state index in [0.717, 1.165) is 74.3 Å². The number of hydrogen-bond acceptors (Lipinski definition) is 3. The molecule has 0 saturated carbocycles. The van der Waals surface area contributed by atoms with Crippen LogP contribution in [0.25, 0.3) is 11.0 Å². The van der Waals surface area contributed by atoms with E-state index in [2.05, 4.69) is 41.2 Å². The number of nitrogens with zero attached hydrogens (tertiary/aromatic N) is 3. The van der Waals surface area contributed by atoms with Crippen LogP contribution in [0.1, 0.15) is 41.0 Å². The van der Waals surface area contributed by atoms with E-state index in [1.54, 1.807) is 0 Å². The predicted octanol–water partition coefficient (Wildman–Crippen LogP) is 3.28. The number of aryl methyl sites for hydroxylation is 1. The summed E-state index contributed by atoms with van der Waals surface area (Å²) in [5.41, 5.74) is 4.23. The van der Waals surface area contributed by atoms with Gasteiger partial charge in [-0.05, 0) is 29.8 Å². The maximum absolute atomic E-state index is 13.5. The summed E-state index contributed by atoms with van der Waals surface area (Å²) in [4.78, 5) is 18.3. The highest BCUT2D eigenvalue weighted by molar-refractivity contribution is 5.89. The quantitative estimate of drug-likeness (QED) is 0.697. The smallest absolute Gasteiger partial charge is 0.331 e. The first kappa shape index (κ1) is 18.5. The van der Waals surface area contributed by atoms with Crippen molar-refractivity contribution in [1.82, 2.24) is 14.9 Å². The maximum atomic E-state index is 13.5. The number of para-hydroxylation sites is 2. The van der Waals surface area contributed by atoms with Crippen LogP contribution >= 0.6 is 0 Å².